The first-order valence-electron chi connectivity index (χ1n) is 8.12. The van der Waals surface area contributed by atoms with Crippen LogP contribution in [0.1, 0.15) is 34.9 Å². The molecule has 0 unspecified atom stereocenters. The maximum atomic E-state index is 5.99. The van der Waals surface area contributed by atoms with Gasteiger partial charge in [0.05, 0.1) is 16.7 Å². The Bertz CT molecular complexity index is 834. The van der Waals surface area contributed by atoms with E-state index in [0.717, 1.165) is 46.7 Å². The van der Waals surface area contributed by atoms with Crippen molar-refractivity contribution < 1.29 is 13.8 Å². The molecule has 0 saturated carbocycles. The summed E-state index contributed by atoms with van der Waals surface area (Å²) >= 11 is 2.20. The van der Waals surface area contributed by atoms with Crippen LogP contribution in [0.3, 0.4) is 0 Å². The zero-order valence-electron chi connectivity index (χ0n) is 14.5. The number of hydrogen-bond acceptors (Lipinski definition) is 6. The second-order valence-corrected chi connectivity index (χ2v) is 6.73. The number of aryl methyl sites for hydroxylation is 4. The highest BCUT2D eigenvalue weighted by atomic mass is 127. The Labute approximate surface area is 160 Å². The van der Waals surface area contributed by atoms with Crippen LogP contribution in [0, 0.1) is 20.8 Å². The number of aromatic nitrogens is 3. The topological polar surface area (TPSA) is 74.2 Å². The van der Waals surface area contributed by atoms with Gasteiger partial charge >= 0.3 is 0 Å². The first-order chi connectivity index (χ1) is 12.1. The molecule has 0 atom stereocenters. The SMILES string of the molecule is Cc1cc(CCCOc2c(C)cc(-c3noc(CI)n3)cc2C)on1. The average molecular weight is 453 g/mol. The molecule has 7 heteroatoms. The van der Waals surface area contributed by atoms with Crippen molar-refractivity contribution >= 4 is 22.6 Å². The molecule has 6 nitrogen and oxygen atoms in total. The highest BCUT2D eigenvalue weighted by Crippen LogP contribution is 2.29. The van der Waals surface area contributed by atoms with E-state index in [9.17, 15) is 0 Å². The van der Waals surface area contributed by atoms with E-state index in [1.54, 1.807) is 0 Å². The lowest BCUT2D eigenvalue weighted by atomic mass is 10.1. The summed E-state index contributed by atoms with van der Waals surface area (Å²) in [5.41, 5.74) is 3.97. The van der Waals surface area contributed by atoms with E-state index >= 15 is 0 Å². The fourth-order valence-corrected chi connectivity index (χ4v) is 3.00. The van der Waals surface area contributed by atoms with Gasteiger partial charge in [0.2, 0.25) is 11.7 Å². The van der Waals surface area contributed by atoms with Crippen LogP contribution in [0.4, 0.5) is 0 Å². The first-order valence-corrected chi connectivity index (χ1v) is 9.64. The summed E-state index contributed by atoms with van der Waals surface area (Å²) in [4.78, 5) is 4.38. The highest BCUT2D eigenvalue weighted by molar-refractivity contribution is 14.1. The van der Waals surface area contributed by atoms with Crippen LogP contribution in [0.2, 0.25) is 0 Å². The van der Waals surface area contributed by atoms with Crippen LogP contribution in [-0.4, -0.2) is 21.9 Å². The minimum absolute atomic E-state index is 0.616. The van der Waals surface area contributed by atoms with Crippen molar-refractivity contribution in [3.8, 4) is 17.1 Å². The van der Waals surface area contributed by atoms with Crippen LogP contribution in [-0.2, 0) is 10.8 Å². The number of benzene rings is 1. The monoisotopic (exact) mass is 453 g/mol. The summed E-state index contributed by atoms with van der Waals surface area (Å²) in [7, 11) is 0. The third-order valence-electron chi connectivity index (χ3n) is 3.79. The molecular formula is C18H20IN3O3. The Hall–Kier alpha value is -1.90. The number of alkyl halides is 1. The predicted molar refractivity (Wildman–Crippen MR) is 102 cm³/mol. The molecule has 0 spiro atoms. The Morgan fingerprint density at radius 2 is 1.80 bits per heavy atom. The van der Waals surface area contributed by atoms with Crippen LogP contribution in [0.5, 0.6) is 5.75 Å². The first kappa shape index (κ1) is 17.9. The zero-order chi connectivity index (χ0) is 17.8. The molecule has 0 saturated heterocycles. The Balaban J connectivity index is 1.63. The van der Waals surface area contributed by atoms with Gasteiger partial charge < -0.3 is 13.8 Å². The zero-order valence-corrected chi connectivity index (χ0v) is 16.7. The average Bonchev–Trinajstić information content (AvgIpc) is 3.22. The Morgan fingerprint density at radius 3 is 2.40 bits per heavy atom. The van der Waals surface area contributed by atoms with E-state index in [1.807, 2.05) is 39.0 Å². The van der Waals surface area contributed by atoms with E-state index in [-0.39, 0.29) is 0 Å². The lowest BCUT2D eigenvalue weighted by Crippen LogP contribution is -2.02. The molecule has 0 aliphatic carbocycles. The van der Waals surface area contributed by atoms with Crippen molar-refractivity contribution in [3.63, 3.8) is 0 Å². The van der Waals surface area contributed by atoms with E-state index in [4.69, 9.17) is 13.8 Å². The molecule has 0 aliphatic heterocycles. The summed E-state index contributed by atoms with van der Waals surface area (Å²) in [6, 6.07) is 6.02. The molecule has 0 aliphatic rings. The Morgan fingerprint density at radius 1 is 1.04 bits per heavy atom. The van der Waals surface area contributed by atoms with Gasteiger partial charge in [-0.1, -0.05) is 32.9 Å². The third-order valence-corrected chi connectivity index (χ3v) is 4.44. The molecule has 0 radical (unpaired) electrons. The van der Waals surface area contributed by atoms with E-state index in [2.05, 4.69) is 37.9 Å². The van der Waals surface area contributed by atoms with E-state index in [0.29, 0.717) is 22.7 Å². The fraction of sp³-hybridized carbons (Fsp3) is 0.389. The molecule has 0 N–H and O–H groups in total. The molecule has 25 heavy (non-hydrogen) atoms. The molecule has 0 fully saturated rings. The van der Waals surface area contributed by atoms with Gasteiger partial charge in [0.1, 0.15) is 11.5 Å². The molecule has 2 heterocycles. The third kappa shape index (κ3) is 4.39. The Kier molecular flexibility index (Phi) is 5.72. The summed E-state index contributed by atoms with van der Waals surface area (Å²) in [5.74, 6) is 3.06. The lowest BCUT2D eigenvalue weighted by Gasteiger charge is -2.13. The summed E-state index contributed by atoms with van der Waals surface area (Å²) in [6.45, 7) is 6.61. The summed E-state index contributed by atoms with van der Waals surface area (Å²) in [6.07, 6.45) is 1.69. The van der Waals surface area contributed by atoms with Gasteiger partial charge in [-0.15, -0.1) is 0 Å². The standard InChI is InChI=1S/C18H20IN3O3/c1-11-7-14(18-20-16(10-19)25-22-18)8-12(2)17(11)23-6-4-5-15-9-13(3)21-24-15/h7-9H,4-6,10H2,1-3H3. The maximum absolute atomic E-state index is 5.99. The minimum atomic E-state index is 0.616. The van der Waals surface area contributed by atoms with Gasteiger partial charge in [-0.05, 0) is 50.5 Å². The molecule has 132 valence electrons. The summed E-state index contributed by atoms with van der Waals surface area (Å²) in [5, 5.41) is 7.92. The van der Waals surface area contributed by atoms with Gasteiger partial charge in [-0.2, -0.15) is 4.98 Å². The largest absolute Gasteiger partial charge is 0.493 e. The van der Waals surface area contributed by atoms with Crippen LogP contribution in [0.25, 0.3) is 11.4 Å². The number of nitrogens with zero attached hydrogens (tertiary/aromatic N) is 3. The van der Waals surface area contributed by atoms with Crippen LogP contribution < -0.4 is 4.74 Å². The molecule has 3 aromatic rings. The second-order valence-electron chi connectivity index (χ2n) is 5.97. The van der Waals surface area contributed by atoms with Gasteiger partial charge in [0, 0.05) is 18.1 Å². The second kappa shape index (κ2) is 7.99. The molecule has 3 rings (SSSR count). The van der Waals surface area contributed by atoms with Crippen molar-refractivity contribution in [2.75, 3.05) is 6.61 Å². The summed E-state index contributed by atoms with van der Waals surface area (Å²) < 4.78 is 17.1. The highest BCUT2D eigenvalue weighted by Gasteiger charge is 2.12. The minimum Gasteiger partial charge on any atom is -0.493 e. The molecular weight excluding hydrogens is 433 g/mol. The van der Waals surface area contributed by atoms with Crippen molar-refractivity contribution in [1.82, 2.24) is 15.3 Å². The van der Waals surface area contributed by atoms with E-state index in [1.165, 1.54) is 0 Å². The molecule has 2 aromatic heterocycles. The molecule has 0 amide bonds. The van der Waals surface area contributed by atoms with Crippen molar-refractivity contribution in [2.45, 2.75) is 38.0 Å². The number of hydrogen-bond donors (Lipinski definition) is 0. The fourth-order valence-electron chi connectivity index (χ4n) is 2.69. The van der Waals surface area contributed by atoms with Gasteiger partial charge in [0.25, 0.3) is 0 Å². The van der Waals surface area contributed by atoms with Gasteiger partial charge in [0.15, 0.2) is 0 Å². The maximum Gasteiger partial charge on any atom is 0.236 e. The molecule has 1 aromatic carbocycles. The van der Waals surface area contributed by atoms with Crippen molar-refractivity contribution in [1.29, 1.82) is 0 Å². The normalized spacial score (nSPS) is 11.0. The quantitative estimate of drug-likeness (QED) is 0.296. The van der Waals surface area contributed by atoms with Crippen molar-refractivity contribution in [3.05, 3.63) is 46.7 Å². The number of ether oxygens (including phenoxy) is 1. The van der Waals surface area contributed by atoms with Gasteiger partial charge in [-0.3, -0.25) is 0 Å². The van der Waals surface area contributed by atoms with Crippen LogP contribution >= 0.6 is 22.6 Å². The number of rotatable bonds is 7. The van der Waals surface area contributed by atoms with Crippen molar-refractivity contribution in [2.24, 2.45) is 0 Å². The van der Waals surface area contributed by atoms with Crippen LogP contribution in [0.15, 0.2) is 27.2 Å². The smallest absolute Gasteiger partial charge is 0.236 e. The lowest BCUT2D eigenvalue weighted by molar-refractivity contribution is 0.296. The number of halogens is 1. The molecule has 0 bridgehead atoms. The predicted octanol–water partition coefficient (Wildman–Crippen LogP) is 4.60. The van der Waals surface area contributed by atoms with Gasteiger partial charge in [-0.25, -0.2) is 0 Å². The van der Waals surface area contributed by atoms with E-state index < -0.39 is 0 Å².